The van der Waals surface area contributed by atoms with Crippen molar-refractivity contribution in [2.75, 3.05) is 0 Å². The summed E-state index contributed by atoms with van der Waals surface area (Å²) in [5.41, 5.74) is 37.4. The van der Waals surface area contributed by atoms with Crippen LogP contribution in [0.4, 0.5) is 0 Å². The number of fused-ring (bicyclic) bond motifs is 15. The van der Waals surface area contributed by atoms with Crippen LogP contribution in [0.25, 0.3) is 286 Å². The molecule has 0 fully saturated rings. The zero-order chi connectivity index (χ0) is 88.7. The molecule has 0 aliphatic heterocycles. The third kappa shape index (κ3) is 13.0. The van der Waals surface area contributed by atoms with Gasteiger partial charge in [0.2, 0.25) is 0 Å². The second-order valence-corrected chi connectivity index (χ2v) is 35.9. The summed E-state index contributed by atoms with van der Waals surface area (Å²) in [7, 11) is 0. The largest absolute Gasteiger partial charge is 0.456 e. The van der Waals surface area contributed by atoms with Crippen LogP contribution in [0, 0.1) is 0 Å². The summed E-state index contributed by atoms with van der Waals surface area (Å²) in [4.78, 5) is 0. The van der Waals surface area contributed by atoms with Crippen LogP contribution < -0.4 is 0 Å². The number of para-hydroxylation sites is 3. The van der Waals surface area contributed by atoms with E-state index in [0.717, 1.165) is 188 Å². The molecule has 0 bridgehead atoms. The number of hydrogen-bond donors (Lipinski definition) is 0. The van der Waals surface area contributed by atoms with E-state index in [0.29, 0.717) is 0 Å². The average molecular weight is 1710 g/mol. The normalized spacial score (nSPS) is 11.9. The first kappa shape index (κ1) is 77.2. The molecule has 626 valence electrons. The highest BCUT2D eigenvalue weighted by Gasteiger charge is 2.27. The van der Waals surface area contributed by atoms with Gasteiger partial charge in [-0.1, -0.05) is 364 Å². The lowest BCUT2D eigenvalue weighted by Gasteiger charge is -2.20. The SMILES string of the molecule is c1ccc(-c2cc(-c3cccc(-c4ccc(-c5cc(-c6cccc(-c7cccc(-c8cc(-c9ccccc9)cc(-c9c%10ccccc%10c(-c%10cccc%11oc%12ccccc%12c%10%11)c%10ccccc9%10)c8)c7)c6)cc(-c6c7ccccc7c(-c7ccc8oc9ccccc9c8c7)c7ccccc67)c5)cc4)c3)cc(-c3c4ccccc4c(-c4ccc5c(c4)oc4ccccc45)c4ccccc34)c2)cc1. The second kappa shape index (κ2) is 31.5. The number of benzene rings is 24. The first-order valence-electron chi connectivity index (χ1n) is 46.4. The lowest BCUT2D eigenvalue weighted by atomic mass is 9.83. The Bertz CT molecular complexity index is 9380. The molecule has 0 aliphatic carbocycles. The maximum absolute atomic E-state index is 6.56. The second-order valence-electron chi connectivity index (χ2n) is 35.9. The molecule has 135 heavy (non-hydrogen) atoms. The monoisotopic (exact) mass is 1710 g/mol. The van der Waals surface area contributed by atoms with Crippen molar-refractivity contribution in [2.45, 2.75) is 0 Å². The minimum absolute atomic E-state index is 0.877. The number of rotatable bonds is 14. The summed E-state index contributed by atoms with van der Waals surface area (Å²) in [6, 6.07) is 179. The molecule has 0 N–H and O–H groups in total. The van der Waals surface area contributed by atoms with Crippen molar-refractivity contribution in [3.8, 4) is 156 Å². The molecule has 0 saturated heterocycles. The van der Waals surface area contributed by atoms with Crippen molar-refractivity contribution in [3.05, 3.63) is 485 Å². The standard InChI is InChI=1S/C132H80O3/c1-3-29-81(30-4-1)93-70-96(76-99(73-93)128-111-47-13-9-43-107(111)127(108-44-10-14-48-112(108)128)92-63-65-104-102-39-19-22-55-120(102)135-125(104)80-92)88-36-25-33-85(67-88)83-59-61-84(62-60-83)95-72-98(78-101(75-95)129-109-45-11-7-41-105(109)126(106-42-8-12-46-110(106)129)91-64-66-123-119(79-91)103-40-20-23-56-121(103)133-123)90-38-27-35-87(69-90)86-34-26-37-89(68-86)97-71-94(82-31-5-2-6-32-82)74-100(77-97)130-113-49-15-17-51-115(113)131(116-52-18-16-50-114(116)130)118-54-28-58-124-132(118)117-53-21-24-57-122(117)134-124/h1-80H. The fourth-order valence-corrected chi connectivity index (χ4v) is 22.0. The van der Waals surface area contributed by atoms with Gasteiger partial charge >= 0.3 is 0 Å². The molecule has 0 radical (unpaired) electrons. The first-order chi connectivity index (χ1) is 66.9. The van der Waals surface area contributed by atoms with Crippen molar-refractivity contribution in [1.82, 2.24) is 0 Å². The van der Waals surface area contributed by atoms with E-state index >= 15 is 0 Å². The summed E-state index contributed by atoms with van der Waals surface area (Å²) in [5, 5.41) is 20.9. The maximum atomic E-state index is 6.56. The molecular formula is C132H80O3. The van der Waals surface area contributed by atoms with E-state index in [4.69, 9.17) is 13.3 Å². The molecule has 27 rings (SSSR count). The van der Waals surface area contributed by atoms with Crippen LogP contribution in [-0.2, 0) is 0 Å². The van der Waals surface area contributed by atoms with E-state index in [-0.39, 0.29) is 0 Å². The molecule has 0 aliphatic rings. The van der Waals surface area contributed by atoms with Crippen LogP contribution in [0.15, 0.2) is 499 Å². The predicted octanol–water partition coefficient (Wildman–Crippen LogP) is 37.6. The minimum Gasteiger partial charge on any atom is -0.456 e. The number of hydrogen-bond acceptors (Lipinski definition) is 3. The fourth-order valence-electron chi connectivity index (χ4n) is 22.0. The van der Waals surface area contributed by atoms with Crippen LogP contribution in [0.3, 0.4) is 0 Å². The summed E-state index contributed by atoms with van der Waals surface area (Å²) in [6.07, 6.45) is 0. The highest BCUT2D eigenvalue weighted by atomic mass is 16.3. The van der Waals surface area contributed by atoms with E-state index in [9.17, 15) is 0 Å². The third-order valence-electron chi connectivity index (χ3n) is 28.2. The quantitative estimate of drug-likeness (QED) is 0.102. The molecule has 0 saturated carbocycles. The van der Waals surface area contributed by atoms with Gasteiger partial charge in [0.1, 0.15) is 33.5 Å². The summed E-state index contributed by atoms with van der Waals surface area (Å²) in [6.45, 7) is 0. The Morgan fingerprint density at radius 1 is 0.0963 bits per heavy atom. The van der Waals surface area contributed by atoms with Gasteiger partial charge in [-0.2, -0.15) is 0 Å². The van der Waals surface area contributed by atoms with Crippen molar-refractivity contribution in [2.24, 2.45) is 0 Å². The van der Waals surface area contributed by atoms with Crippen LogP contribution in [0.5, 0.6) is 0 Å². The van der Waals surface area contributed by atoms with Gasteiger partial charge in [-0.25, -0.2) is 0 Å². The van der Waals surface area contributed by atoms with Gasteiger partial charge in [-0.05, 0) is 342 Å². The third-order valence-corrected chi connectivity index (χ3v) is 28.2. The molecule has 0 unspecified atom stereocenters. The summed E-state index contributed by atoms with van der Waals surface area (Å²) in [5.74, 6) is 0. The maximum Gasteiger partial charge on any atom is 0.136 e. The Kier molecular flexibility index (Phi) is 18.0. The molecule has 27 aromatic rings. The minimum atomic E-state index is 0.877. The van der Waals surface area contributed by atoms with Crippen LogP contribution in [-0.4, -0.2) is 0 Å². The molecule has 0 amide bonds. The topological polar surface area (TPSA) is 39.4 Å². The van der Waals surface area contributed by atoms with Crippen molar-refractivity contribution < 1.29 is 13.3 Å². The van der Waals surface area contributed by atoms with Gasteiger partial charge in [0.15, 0.2) is 0 Å². The highest BCUT2D eigenvalue weighted by molar-refractivity contribution is 6.28. The Morgan fingerprint density at radius 2 is 0.319 bits per heavy atom. The molecule has 24 aromatic carbocycles. The lowest BCUT2D eigenvalue weighted by molar-refractivity contribution is 0.668. The zero-order valence-corrected chi connectivity index (χ0v) is 73.4. The zero-order valence-electron chi connectivity index (χ0n) is 73.4. The Balaban J connectivity index is 0.587. The van der Waals surface area contributed by atoms with Crippen LogP contribution in [0.2, 0.25) is 0 Å². The van der Waals surface area contributed by atoms with E-state index < -0.39 is 0 Å². The van der Waals surface area contributed by atoms with E-state index in [1.54, 1.807) is 0 Å². The van der Waals surface area contributed by atoms with Crippen molar-refractivity contribution >= 4 is 130 Å². The van der Waals surface area contributed by atoms with Gasteiger partial charge in [-0.3, -0.25) is 0 Å². The highest BCUT2D eigenvalue weighted by Crippen LogP contribution is 2.53. The Morgan fingerprint density at radius 3 is 0.726 bits per heavy atom. The van der Waals surface area contributed by atoms with Crippen molar-refractivity contribution in [3.63, 3.8) is 0 Å². The Labute approximate surface area is 779 Å². The van der Waals surface area contributed by atoms with Gasteiger partial charge < -0.3 is 13.3 Å². The molecule has 3 aromatic heterocycles. The van der Waals surface area contributed by atoms with E-state index in [2.05, 4.69) is 473 Å². The van der Waals surface area contributed by atoms with Gasteiger partial charge in [0, 0.05) is 32.3 Å². The van der Waals surface area contributed by atoms with E-state index in [1.807, 2.05) is 12.1 Å². The van der Waals surface area contributed by atoms with Crippen LogP contribution in [0.1, 0.15) is 0 Å². The van der Waals surface area contributed by atoms with Crippen LogP contribution >= 0.6 is 0 Å². The summed E-state index contributed by atoms with van der Waals surface area (Å²) < 4.78 is 19.6. The smallest absolute Gasteiger partial charge is 0.136 e. The number of furan rings is 3. The van der Waals surface area contributed by atoms with Gasteiger partial charge in [0.25, 0.3) is 0 Å². The molecular weight excluding hydrogens is 1630 g/mol. The molecule has 0 atom stereocenters. The van der Waals surface area contributed by atoms with Gasteiger partial charge in [0.05, 0.1) is 0 Å². The predicted molar refractivity (Wildman–Crippen MR) is 569 cm³/mol. The van der Waals surface area contributed by atoms with E-state index in [1.165, 1.54) is 98.0 Å². The lowest BCUT2D eigenvalue weighted by Crippen LogP contribution is -1.93. The Hall–Kier alpha value is -17.8. The molecule has 3 heterocycles. The summed E-state index contributed by atoms with van der Waals surface area (Å²) >= 11 is 0. The fraction of sp³-hybridized carbons (Fsp3) is 0. The average Bonchev–Trinajstić information content (AvgIpc) is 1.67. The molecule has 0 spiro atoms. The molecule has 3 heteroatoms. The van der Waals surface area contributed by atoms with Gasteiger partial charge in [-0.15, -0.1) is 0 Å². The first-order valence-corrected chi connectivity index (χ1v) is 46.4. The molecule has 3 nitrogen and oxygen atoms in total. The van der Waals surface area contributed by atoms with Crippen molar-refractivity contribution in [1.29, 1.82) is 0 Å².